The van der Waals surface area contributed by atoms with E-state index in [1.807, 2.05) is 0 Å². The second kappa shape index (κ2) is 6.05. The lowest BCUT2D eigenvalue weighted by Crippen LogP contribution is -2.08. The van der Waals surface area contributed by atoms with Gasteiger partial charge in [0.05, 0.1) is 12.2 Å². The zero-order chi connectivity index (χ0) is 12.3. The Bertz CT molecular complexity index is 376. The van der Waals surface area contributed by atoms with E-state index < -0.39 is 6.10 Å². The minimum absolute atomic E-state index is 0.302. The molecule has 0 amide bonds. The highest BCUT2D eigenvalue weighted by Gasteiger charge is 2.18. The third kappa shape index (κ3) is 3.59. The Morgan fingerprint density at radius 1 is 1.41 bits per heavy atom. The van der Waals surface area contributed by atoms with Crippen LogP contribution in [0.1, 0.15) is 37.4 Å². The summed E-state index contributed by atoms with van der Waals surface area (Å²) in [7, 11) is 0. The van der Waals surface area contributed by atoms with Crippen molar-refractivity contribution in [3.8, 4) is 0 Å². The molecule has 1 saturated heterocycles. The van der Waals surface area contributed by atoms with Crippen LogP contribution in [0, 0.1) is 0 Å². The van der Waals surface area contributed by atoms with Crippen molar-refractivity contribution in [2.24, 2.45) is 0 Å². The molecule has 0 bridgehead atoms. The molecule has 1 fully saturated rings. The average Bonchev–Trinajstić information content (AvgIpc) is 2.78. The van der Waals surface area contributed by atoms with E-state index in [9.17, 15) is 5.11 Å². The Labute approximate surface area is 111 Å². The number of hydrogen-bond acceptors (Lipinski definition) is 2. The fourth-order valence-corrected chi connectivity index (χ4v) is 2.68. The van der Waals surface area contributed by atoms with Crippen molar-refractivity contribution in [1.82, 2.24) is 0 Å². The van der Waals surface area contributed by atoms with Crippen molar-refractivity contribution in [3.05, 3.63) is 33.8 Å². The number of aliphatic hydroxyl groups is 1. The first-order valence-corrected chi connectivity index (χ1v) is 6.67. The van der Waals surface area contributed by atoms with Crippen LogP contribution in [-0.4, -0.2) is 17.8 Å². The highest BCUT2D eigenvalue weighted by atomic mass is 35.5. The van der Waals surface area contributed by atoms with Gasteiger partial charge in [-0.1, -0.05) is 29.3 Å². The van der Waals surface area contributed by atoms with Crippen LogP contribution >= 0.6 is 23.2 Å². The molecular formula is C13H16Cl2O2. The summed E-state index contributed by atoms with van der Waals surface area (Å²) < 4.78 is 5.52. The van der Waals surface area contributed by atoms with E-state index in [2.05, 4.69) is 0 Å². The van der Waals surface area contributed by atoms with Crippen LogP contribution < -0.4 is 0 Å². The summed E-state index contributed by atoms with van der Waals surface area (Å²) >= 11 is 11.9. The molecule has 2 rings (SSSR count). The highest BCUT2D eigenvalue weighted by molar-refractivity contribution is 6.35. The molecular weight excluding hydrogens is 259 g/mol. The predicted molar refractivity (Wildman–Crippen MR) is 69.6 cm³/mol. The van der Waals surface area contributed by atoms with Crippen molar-refractivity contribution in [3.63, 3.8) is 0 Å². The third-order valence-corrected chi connectivity index (χ3v) is 3.67. The van der Waals surface area contributed by atoms with Crippen LogP contribution in [0.15, 0.2) is 18.2 Å². The number of aliphatic hydroxyl groups excluding tert-OH is 1. The van der Waals surface area contributed by atoms with Gasteiger partial charge in [-0.3, -0.25) is 0 Å². The summed E-state index contributed by atoms with van der Waals surface area (Å²) in [6.45, 7) is 0.850. The molecule has 1 aromatic carbocycles. The Hall–Kier alpha value is -0.280. The molecule has 2 atom stereocenters. The molecule has 17 heavy (non-hydrogen) atoms. The van der Waals surface area contributed by atoms with Gasteiger partial charge in [0.15, 0.2) is 0 Å². The second-order valence-corrected chi connectivity index (χ2v) is 5.24. The topological polar surface area (TPSA) is 29.5 Å². The predicted octanol–water partition coefficient (Wildman–Crippen LogP) is 3.99. The fourth-order valence-electron chi connectivity index (χ4n) is 2.14. The SMILES string of the molecule is OC(CCC1CCCO1)c1ccc(Cl)cc1Cl. The zero-order valence-corrected chi connectivity index (χ0v) is 11.0. The lowest BCUT2D eigenvalue weighted by atomic mass is 10.0. The molecule has 0 saturated carbocycles. The van der Waals surface area contributed by atoms with Gasteiger partial charge < -0.3 is 9.84 Å². The van der Waals surface area contributed by atoms with Gasteiger partial charge in [-0.25, -0.2) is 0 Å². The number of halogens is 2. The van der Waals surface area contributed by atoms with Gasteiger partial charge in [-0.05, 0) is 43.4 Å². The summed E-state index contributed by atoms with van der Waals surface area (Å²) in [6.07, 6.45) is 3.54. The molecule has 0 aromatic heterocycles. The van der Waals surface area contributed by atoms with E-state index >= 15 is 0 Å². The zero-order valence-electron chi connectivity index (χ0n) is 9.53. The van der Waals surface area contributed by atoms with Crippen molar-refractivity contribution in [1.29, 1.82) is 0 Å². The van der Waals surface area contributed by atoms with Gasteiger partial charge >= 0.3 is 0 Å². The number of ether oxygens (including phenoxy) is 1. The van der Waals surface area contributed by atoms with Gasteiger partial charge in [0.25, 0.3) is 0 Å². The average molecular weight is 275 g/mol. The molecule has 1 N–H and O–H groups in total. The van der Waals surface area contributed by atoms with Gasteiger partial charge in [0.2, 0.25) is 0 Å². The van der Waals surface area contributed by atoms with Crippen LogP contribution in [0.2, 0.25) is 10.0 Å². The quantitative estimate of drug-likeness (QED) is 0.900. The van der Waals surface area contributed by atoms with E-state index in [1.165, 1.54) is 0 Å². The smallest absolute Gasteiger partial charge is 0.0805 e. The van der Waals surface area contributed by atoms with Gasteiger partial charge in [0.1, 0.15) is 0 Å². The normalized spacial score (nSPS) is 21.7. The lowest BCUT2D eigenvalue weighted by Gasteiger charge is -2.15. The maximum absolute atomic E-state index is 10.1. The van der Waals surface area contributed by atoms with E-state index in [-0.39, 0.29) is 0 Å². The summed E-state index contributed by atoms with van der Waals surface area (Å²) in [4.78, 5) is 0. The standard InChI is InChI=1S/C13H16Cl2O2/c14-9-3-5-11(12(15)8-9)13(16)6-4-10-2-1-7-17-10/h3,5,8,10,13,16H,1-2,4,6-7H2. The maximum Gasteiger partial charge on any atom is 0.0805 e. The molecule has 0 spiro atoms. The first-order chi connectivity index (χ1) is 8.16. The molecule has 1 aliphatic rings. The largest absolute Gasteiger partial charge is 0.388 e. The second-order valence-electron chi connectivity index (χ2n) is 4.39. The number of rotatable bonds is 4. The Balaban J connectivity index is 1.91. The van der Waals surface area contributed by atoms with E-state index in [4.69, 9.17) is 27.9 Å². The first-order valence-electron chi connectivity index (χ1n) is 5.91. The summed E-state index contributed by atoms with van der Waals surface area (Å²) in [5.74, 6) is 0. The molecule has 4 heteroatoms. The van der Waals surface area contributed by atoms with E-state index in [1.54, 1.807) is 18.2 Å². The minimum atomic E-state index is -0.538. The van der Waals surface area contributed by atoms with E-state index in [0.29, 0.717) is 22.6 Å². The van der Waals surface area contributed by atoms with Crippen LogP contribution in [-0.2, 0) is 4.74 Å². The summed E-state index contributed by atoms with van der Waals surface area (Å²) in [6, 6.07) is 5.19. The maximum atomic E-state index is 10.1. The monoisotopic (exact) mass is 274 g/mol. The van der Waals surface area contributed by atoms with Crippen LogP contribution in [0.5, 0.6) is 0 Å². The van der Waals surface area contributed by atoms with Crippen molar-refractivity contribution in [2.45, 2.75) is 37.9 Å². The number of hydrogen-bond donors (Lipinski definition) is 1. The van der Waals surface area contributed by atoms with Gasteiger partial charge in [-0.15, -0.1) is 0 Å². The Morgan fingerprint density at radius 2 is 2.24 bits per heavy atom. The third-order valence-electron chi connectivity index (χ3n) is 3.11. The molecule has 2 unspecified atom stereocenters. The molecule has 0 aliphatic carbocycles. The molecule has 1 heterocycles. The van der Waals surface area contributed by atoms with Crippen molar-refractivity contribution >= 4 is 23.2 Å². The van der Waals surface area contributed by atoms with Gasteiger partial charge in [0, 0.05) is 16.7 Å². The van der Waals surface area contributed by atoms with Crippen LogP contribution in [0.3, 0.4) is 0 Å². The first kappa shape index (κ1) is 13.2. The summed E-state index contributed by atoms with van der Waals surface area (Å²) in [5, 5.41) is 11.2. The minimum Gasteiger partial charge on any atom is -0.388 e. The summed E-state index contributed by atoms with van der Waals surface area (Å²) in [5.41, 5.74) is 0.745. The number of benzene rings is 1. The molecule has 0 radical (unpaired) electrons. The molecule has 1 aliphatic heterocycles. The molecule has 2 nitrogen and oxygen atoms in total. The van der Waals surface area contributed by atoms with Crippen LogP contribution in [0.25, 0.3) is 0 Å². The van der Waals surface area contributed by atoms with Crippen molar-refractivity contribution < 1.29 is 9.84 Å². The Morgan fingerprint density at radius 3 is 2.88 bits per heavy atom. The molecule has 94 valence electrons. The molecule has 1 aromatic rings. The highest BCUT2D eigenvalue weighted by Crippen LogP contribution is 2.30. The van der Waals surface area contributed by atoms with Crippen molar-refractivity contribution in [2.75, 3.05) is 6.61 Å². The Kier molecular flexibility index (Phi) is 4.69. The van der Waals surface area contributed by atoms with Gasteiger partial charge in [-0.2, -0.15) is 0 Å². The van der Waals surface area contributed by atoms with E-state index in [0.717, 1.165) is 31.4 Å². The lowest BCUT2D eigenvalue weighted by molar-refractivity contribution is 0.0812. The van der Waals surface area contributed by atoms with Crippen LogP contribution in [0.4, 0.5) is 0 Å². The fraction of sp³-hybridized carbons (Fsp3) is 0.538.